The summed E-state index contributed by atoms with van der Waals surface area (Å²) in [4.78, 5) is 2.38. The first-order valence-corrected chi connectivity index (χ1v) is 15.0. The quantitative estimate of drug-likeness (QED) is 0.178. The van der Waals surface area contributed by atoms with Crippen LogP contribution in [0, 0.1) is 0 Å². The second-order valence-electron chi connectivity index (χ2n) is 10.7. The standard InChI is InChI=1S/C40H26BrN/c41-37-25-19-31-18-24-36-38(26-20-32-17-23-35(37)39(31)40(32)36)42(33-9-5-2-6-10-33)34-21-15-30(16-22-34)29-13-11-28(12-14-29)27-7-3-1-4-8-27/h1-26H. The van der Waals surface area contributed by atoms with E-state index in [9.17, 15) is 0 Å². The van der Waals surface area contributed by atoms with Gasteiger partial charge in [-0.1, -0.05) is 137 Å². The van der Waals surface area contributed by atoms with Crippen molar-refractivity contribution in [2.75, 3.05) is 4.90 Å². The van der Waals surface area contributed by atoms with Gasteiger partial charge < -0.3 is 4.90 Å². The van der Waals surface area contributed by atoms with Crippen LogP contribution >= 0.6 is 15.9 Å². The Morgan fingerprint density at radius 1 is 0.357 bits per heavy atom. The van der Waals surface area contributed by atoms with Gasteiger partial charge in [0.25, 0.3) is 0 Å². The minimum Gasteiger partial charge on any atom is -0.310 e. The smallest absolute Gasteiger partial charge is 0.0540 e. The fourth-order valence-electron chi connectivity index (χ4n) is 6.24. The van der Waals surface area contributed by atoms with Crippen molar-refractivity contribution < 1.29 is 0 Å². The summed E-state index contributed by atoms with van der Waals surface area (Å²) in [6.45, 7) is 0. The number of halogens is 1. The van der Waals surface area contributed by atoms with Crippen LogP contribution in [-0.2, 0) is 0 Å². The highest BCUT2D eigenvalue weighted by molar-refractivity contribution is 9.10. The van der Waals surface area contributed by atoms with Gasteiger partial charge in [0.05, 0.1) is 5.69 Å². The maximum absolute atomic E-state index is 3.79. The molecule has 0 N–H and O–H groups in total. The van der Waals surface area contributed by atoms with Crippen molar-refractivity contribution in [3.05, 3.63) is 162 Å². The molecule has 0 atom stereocenters. The molecule has 0 bridgehead atoms. The first-order valence-electron chi connectivity index (χ1n) is 14.2. The lowest BCUT2D eigenvalue weighted by atomic mass is 9.93. The van der Waals surface area contributed by atoms with Crippen LogP contribution in [0.5, 0.6) is 0 Å². The predicted molar refractivity (Wildman–Crippen MR) is 183 cm³/mol. The average molecular weight is 601 g/mol. The van der Waals surface area contributed by atoms with Gasteiger partial charge in [0.1, 0.15) is 0 Å². The van der Waals surface area contributed by atoms with Gasteiger partial charge in [-0.15, -0.1) is 0 Å². The second-order valence-corrected chi connectivity index (χ2v) is 11.6. The molecule has 0 fully saturated rings. The highest BCUT2D eigenvalue weighted by Gasteiger charge is 2.18. The number of hydrogen-bond donors (Lipinski definition) is 0. The van der Waals surface area contributed by atoms with Gasteiger partial charge in [-0.05, 0) is 85.6 Å². The maximum Gasteiger partial charge on any atom is 0.0540 e. The zero-order chi connectivity index (χ0) is 28.0. The molecule has 0 unspecified atom stereocenters. The molecule has 0 aliphatic rings. The monoisotopic (exact) mass is 599 g/mol. The van der Waals surface area contributed by atoms with E-state index in [1.165, 1.54) is 60.3 Å². The number of anilines is 3. The van der Waals surface area contributed by atoms with E-state index in [0.29, 0.717) is 0 Å². The van der Waals surface area contributed by atoms with Crippen LogP contribution in [0.4, 0.5) is 17.1 Å². The average Bonchev–Trinajstić information content (AvgIpc) is 3.06. The number of rotatable bonds is 5. The minimum absolute atomic E-state index is 1.13. The molecule has 0 heterocycles. The van der Waals surface area contributed by atoms with E-state index in [4.69, 9.17) is 0 Å². The molecule has 0 aromatic heterocycles. The summed E-state index contributed by atoms with van der Waals surface area (Å²) in [6, 6.07) is 56.9. The number of para-hydroxylation sites is 1. The first kappa shape index (κ1) is 24.8. The van der Waals surface area contributed by atoms with Crippen LogP contribution in [0.3, 0.4) is 0 Å². The van der Waals surface area contributed by atoms with Crippen LogP contribution in [0.25, 0.3) is 54.6 Å². The Bertz CT molecular complexity index is 2170. The fraction of sp³-hybridized carbons (Fsp3) is 0. The summed E-state index contributed by atoms with van der Waals surface area (Å²) in [7, 11) is 0. The molecule has 0 saturated heterocycles. The third-order valence-corrected chi connectivity index (χ3v) is 8.99. The van der Waals surface area contributed by atoms with Crippen molar-refractivity contribution in [3.63, 3.8) is 0 Å². The molecule has 8 aromatic carbocycles. The molecule has 0 aliphatic heterocycles. The molecule has 8 aromatic rings. The van der Waals surface area contributed by atoms with Crippen LogP contribution in [0.2, 0.25) is 0 Å². The number of hydrogen-bond acceptors (Lipinski definition) is 1. The largest absolute Gasteiger partial charge is 0.310 e. The van der Waals surface area contributed by atoms with E-state index < -0.39 is 0 Å². The molecule has 0 spiro atoms. The van der Waals surface area contributed by atoms with Crippen molar-refractivity contribution in [3.8, 4) is 22.3 Å². The zero-order valence-electron chi connectivity index (χ0n) is 22.8. The van der Waals surface area contributed by atoms with E-state index in [1.54, 1.807) is 0 Å². The van der Waals surface area contributed by atoms with Crippen molar-refractivity contribution in [2.24, 2.45) is 0 Å². The summed E-state index contributed by atoms with van der Waals surface area (Å²) >= 11 is 3.79. The van der Waals surface area contributed by atoms with Crippen LogP contribution in [0.15, 0.2) is 162 Å². The summed E-state index contributed by atoms with van der Waals surface area (Å²) in [5.41, 5.74) is 8.30. The van der Waals surface area contributed by atoms with Gasteiger partial charge in [0.15, 0.2) is 0 Å². The molecule has 0 amide bonds. The Morgan fingerprint density at radius 2 is 0.810 bits per heavy atom. The molecule has 0 radical (unpaired) electrons. The van der Waals surface area contributed by atoms with E-state index in [-0.39, 0.29) is 0 Å². The SMILES string of the molecule is Brc1ccc2ccc3c(N(c4ccccc4)c4ccc(-c5ccc(-c6ccccc6)cc5)cc4)ccc4ccc1c2c43. The van der Waals surface area contributed by atoms with Gasteiger partial charge in [0.2, 0.25) is 0 Å². The Morgan fingerprint density at radius 3 is 1.45 bits per heavy atom. The topological polar surface area (TPSA) is 3.24 Å². The highest BCUT2D eigenvalue weighted by Crippen LogP contribution is 2.45. The molecule has 198 valence electrons. The normalized spacial score (nSPS) is 11.5. The molecule has 0 saturated carbocycles. The molecule has 2 heteroatoms. The molecular weight excluding hydrogens is 574 g/mol. The Kier molecular flexibility index (Phi) is 6.01. The number of nitrogens with zero attached hydrogens (tertiary/aromatic N) is 1. The van der Waals surface area contributed by atoms with E-state index in [1.807, 2.05) is 0 Å². The predicted octanol–water partition coefficient (Wildman–Crippen LogP) is 12.2. The first-order chi connectivity index (χ1) is 20.7. The van der Waals surface area contributed by atoms with Crippen LogP contribution in [0.1, 0.15) is 0 Å². The highest BCUT2D eigenvalue weighted by atomic mass is 79.9. The third-order valence-electron chi connectivity index (χ3n) is 8.29. The Hall–Kier alpha value is -4.92. The lowest BCUT2D eigenvalue weighted by Crippen LogP contribution is -2.10. The van der Waals surface area contributed by atoms with Gasteiger partial charge in [-0.3, -0.25) is 0 Å². The summed E-state index contributed by atoms with van der Waals surface area (Å²) in [6.07, 6.45) is 0. The van der Waals surface area contributed by atoms with Crippen molar-refractivity contribution >= 4 is 65.3 Å². The van der Waals surface area contributed by atoms with Crippen molar-refractivity contribution in [2.45, 2.75) is 0 Å². The number of benzene rings is 8. The maximum atomic E-state index is 3.79. The zero-order valence-corrected chi connectivity index (χ0v) is 24.4. The summed E-state index contributed by atoms with van der Waals surface area (Å²) < 4.78 is 1.13. The third kappa shape index (κ3) is 4.15. The summed E-state index contributed by atoms with van der Waals surface area (Å²) in [5.74, 6) is 0. The molecule has 8 rings (SSSR count). The fourth-order valence-corrected chi connectivity index (χ4v) is 6.70. The Balaban J connectivity index is 1.25. The van der Waals surface area contributed by atoms with Crippen LogP contribution in [-0.4, -0.2) is 0 Å². The van der Waals surface area contributed by atoms with Crippen molar-refractivity contribution in [1.29, 1.82) is 0 Å². The van der Waals surface area contributed by atoms with Gasteiger partial charge in [-0.2, -0.15) is 0 Å². The lowest BCUT2D eigenvalue weighted by molar-refractivity contribution is 1.30. The van der Waals surface area contributed by atoms with Gasteiger partial charge >= 0.3 is 0 Å². The molecule has 0 aliphatic carbocycles. The minimum atomic E-state index is 1.13. The molecular formula is C40H26BrN. The van der Waals surface area contributed by atoms with Gasteiger partial charge in [0, 0.05) is 21.2 Å². The molecule has 42 heavy (non-hydrogen) atoms. The lowest BCUT2D eigenvalue weighted by Gasteiger charge is -2.28. The van der Waals surface area contributed by atoms with Gasteiger partial charge in [-0.25, -0.2) is 0 Å². The summed E-state index contributed by atoms with van der Waals surface area (Å²) in [5, 5.41) is 7.62. The van der Waals surface area contributed by atoms with E-state index in [0.717, 1.165) is 15.8 Å². The van der Waals surface area contributed by atoms with Crippen LogP contribution < -0.4 is 4.90 Å². The Labute approximate surface area is 253 Å². The van der Waals surface area contributed by atoms with E-state index >= 15 is 0 Å². The molecule has 1 nitrogen and oxygen atoms in total. The van der Waals surface area contributed by atoms with E-state index in [2.05, 4.69) is 179 Å². The van der Waals surface area contributed by atoms with Crippen molar-refractivity contribution in [1.82, 2.24) is 0 Å². The second kappa shape index (κ2) is 10.2.